The molecule has 1 aliphatic rings. The molecular weight excluding hydrogens is 436 g/mol. The molecule has 0 aliphatic carbocycles. The maximum atomic E-state index is 12.4. The van der Waals surface area contributed by atoms with Crippen LogP contribution in [0.25, 0.3) is 0 Å². The zero-order chi connectivity index (χ0) is 23.3. The highest BCUT2D eigenvalue weighted by Crippen LogP contribution is 2.33. The van der Waals surface area contributed by atoms with Crippen molar-refractivity contribution in [3.63, 3.8) is 0 Å². The van der Waals surface area contributed by atoms with Crippen molar-refractivity contribution < 1.29 is 13.5 Å². The third-order valence-corrected chi connectivity index (χ3v) is 6.96. The SMILES string of the molecule is NS(=O)(=O)c1ccc(N2CCN(CCO)CC2)cc1NC(c1ccccc1)c1ccccc1. The third kappa shape index (κ3) is 5.72. The molecule has 0 amide bonds. The number of aliphatic hydroxyl groups is 1. The van der Waals surface area contributed by atoms with E-state index < -0.39 is 10.0 Å². The van der Waals surface area contributed by atoms with Crippen molar-refractivity contribution in [3.05, 3.63) is 90.0 Å². The minimum atomic E-state index is -3.92. The van der Waals surface area contributed by atoms with Crippen molar-refractivity contribution in [1.82, 2.24) is 4.90 Å². The summed E-state index contributed by atoms with van der Waals surface area (Å²) >= 11 is 0. The zero-order valence-corrected chi connectivity index (χ0v) is 19.3. The molecule has 0 saturated carbocycles. The zero-order valence-electron chi connectivity index (χ0n) is 18.5. The number of nitrogens with two attached hydrogens (primary N) is 1. The summed E-state index contributed by atoms with van der Waals surface area (Å²) in [6.07, 6.45) is 0. The highest BCUT2D eigenvalue weighted by molar-refractivity contribution is 7.89. The van der Waals surface area contributed by atoms with E-state index in [-0.39, 0.29) is 17.5 Å². The Kier molecular flexibility index (Phi) is 7.29. The lowest BCUT2D eigenvalue weighted by Crippen LogP contribution is -2.47. The van der Waals surface area contributed by atoms with Crippen molar-refractivity contribution in [1.29, 1.82) is 0 Å². The van der Waals surface area contributed by atoms with Gasteiger partial charge in [-0.05, 0) is 29.3 Å². The molecule has 3 aromatic rings. The number of hydrogen-bond acceptors (Lipinski definition) is 6. The average Bonchev–Trinajstić information content (AvgIpc) is 2.83. The number of rotatable bonds is 8. The molecule has 33 heavy (non-hydrogen) atoms. The molecule has 0 spiro atoms. The Morgan fingerprint density at radius 1 is 0.879 bits per heavy atom. The number of benzene rings is 3. The molecule has 1 saturated heterocycles. The Labute approximate surface area is 195 Å². The maximum absolute atomic E-state index is 12.4. The smallest absolute Gasteiger partial charge is 0.240 e. The Morgan fingerprint density at radius 2 is 1.45 bits per heavy atom. The first-order valence-corrected chi connectivity index (χ1v) is 12.6. The number of primary sulfonamides is 1. The standard InChI is InChI=1S/C25H30N4O3S/c26-33(31,32)24-12-11-22(29-15-13-28(14-16-29)17-18-30)19-23(24)27-25(20-7-3-1-4-8-20)21-9-5-2-6-10-21/h1-12,19,25,27,30H,13-18H2,(H2,26,31,32). The number of nitrogens with zero attached hydrogens (tertiary/aromatic N) is 2. The Bertz CT molecular complexity index is 1110. The van der Waals surface area contributed by atoms with Crippen LogP contribution in [0.1, 0.15) is 17.2 Å². The lowest BCUT2D eigenvalue weighted by atomic mass is 9.98. The number of aliphatic hydroxyl groups excluding tert-OH is 1. The lowest BCUT2D eigenvalue weighted by molar-refractivity contribution is 0.189. The molecule has 4 N–H and O–H groups in total. The van der Waals surface area contributed by atoms with Gasteiger partial charge in [0.15, 0.2) is 0 Å². The van der Waals surface area contributed by atoms with Gasteiger partial charge in [-0.2, -0.15) is 0 Å². The fourth-order valence-electron chi connectivity index (χ4n) is 4.25. The summed E-state index contributed by atoms with van der Waals surface area (Å²) < 4.78 is 24.8. The average molecular weight is 467 g/mol. The molecule has 0 aromatic heterocycles. The largest absolute Gasteiger partial charge is 0.395 e. The molecule has 4 rings (SSSR count). The van der Waals surface area contributed by atoms with E-state index in [1.807, 2.05) is 72.8 Å². The molecule has 0 radical (unpaired) electrons. The fourth-order valence-corrected chi connectivity index (χ4v) is 4.93. The summed E-state index contributed by atoms with van der Waals surface area (Å²) in [5, 5.41) is 18.2. The minimum Gasteiger partial charge on any atom is -0.395 e. The molecule has 7 nitrogen and oxygen atoms in total. The second kappa shape index (κ2) is 10.4. The predicted octanol–water partition coefficient (Wildman–Crippen LogP) is 2.65. The minimum absolute atomic E-state index is 0.0713. The monoisotopic (exact) mass is 466 g/mol. The number of hydrogen-bond donors (Lipinski definition) is 3. The number of piperazine rings is 1. The second-order valence-electron chi connectivity index (χ2n) is 8.18. The van der Waals surface area contributed by atoms with Gasteiger partial charge in [0, 0.05) is 38.4 Å². The summed E-state index contributed by atoms with van der Waals surface area (Å²) in [4.78, 5) is 4.52. The van der Waals surface area contributed by atoms with Crippen LogP contribution >= 0.6 is 0 Å². The Hall–Kier alpha value is -2.91. The van der Waals surface area contributed by atoms with Gasteiger partial charge in [-0.3, -0.25) is 4.90 Å². The topological polar surface area (TPSA) is 98.9 Å². The van der Waals surface area contributed by atoms with Crippen LogP contribution < -0.4 is 15.4 Å². The quantitative estimate of drug-likeness (QED) is 0.472. The van der Waals surface area contributed by atoms with Crippen LogP contribution in [0.15, 0.2) is 83.8 Å². The van der Waals surface area contributed by atoms with Gasteiger partial charge in [-0.1, -0.05) is 60.7 Å². The summed E-state index contributed by atoms with van der Waals surface area (Å²) in [5.74, 6) is 0. The van der Waals surface area contributed by atoms with Crippen molar-refractivity contribution in [3.8, 4) is 0 Å². The molecule has 0 bridgehead atoms. The van der Waals surface area contributed by atoms with Crippen LogP contribution in [0.2, 0.25) is 0 Å². The van der Waals surface area contributed by atoms with Crippen molar-refractivity contribution in [2.75, 3.05) is 49.5 Å². The summed E-state index contributed by atoms with van der Waals surface area (Å²) in [7, 11) is -3.92. The first kappa shape index (κ1) is 23.3. The maximum Gasteiger partial charge on any atom is 0.240 e. The first-order chi connectivity index (χ1) is 16.0. The third-order valence-electron chi connectivity index (χ3n) is 5.99. The van der Waals surface area contributed by atoms with E-state index in [1.54, 1.807) is 6.07 Å². The van der Waals surface area contributed by atoms with Crippen LogP contribution in [0.3, 0.4) is 0 Å². The molecule has 1 aliphatic heterocycles. The number of nitrogens with one attached hydrogen (secondary N) is 1. The van der Waals surface area contributed by atoms with E-state index in [0.717, 1.165) is 43.0 Å². The van der Waals surface area contributed by atoms with Gasteiger partial charge in [0.1, 0.15) is 4.90 Å². The molecule has 0 unspecified atom stereocenters. The highest BCUT2D eigenvalue weighted by Gasteiger charge is 2.22. The second-order valence-corrected chi connectivity index (χ2v) is 9.71. The van der Waals surface area contributed by atoms with Crippen molar-refractivity contribution >= 4 is 21.4 Å². The van der Waals surface area contributed by atoms with Gasteiger partial charge in [-0.15, -0.1) is 0 Å². The van der Waals surface area contributed by atoms with Gasteiger partial charge < -0.3 is 15.3 Å². The predicted molar refractivity (Wildman–Crippen MR) is 132 cm³/mol. The molecule has 1 heterocycles. The summed E-state index contributed by atoms with van der Waals surface area (Å²) in [5.41, 5.74) is 3.46. The lowest BCUT2D eigenvalue weighted by Gasteiger charge is -2.36. The highest BCUT2D eigenvalue weighted by atomic mass is 32.2. The van der Waals surface area contributed by atoms with Crippen LogP contribution in [0, 0.1) is 0 Å². The van der Waals surface area contributed by atoms with Crippen LogP contribution in [-0.2, 0) is 10.0 Å². The van der Waals surface area contributed by atoms with Crippen LogP contribution in [0.5, 0.6) is 0 Å². The normalized spacial score (nSPS) is 15.1. The number of sulfonamides is 1. The van der Waals surface area contributed by atoms with E-state index in [9.17, 15) is 13.5 Å². The van der Waals surface area contributed by atoms with Crippen molar-refractivity contribution in [2.45, 2.75) is 10.9 Å². The fraction of sp³-hybridized carbons (Fsp3) is 0.280. The van der Waals surface area contributed by atoms with Crippen LogP contribution in [0.4, 0.5) is 11.4 Å². The molecular formula is C25H30N4O3S. The molecule has 8 heteroatoms. The first-order valence-electron chi connectivity index (χ1n) is 11.1. The van der Waals surface area contributed by atoms with E-state index >= 15 is 0 Å². The van der Waals surface area contributed by atoms with E-state index in [2.05, 4.69) is 15.1 Å². The van der Waals surface area contributed by atoms with E-state index in [1.165, 1.54) is 0 Å². The summed E-state index contributed by atoms with van der Waals surface area (Å²) in [6, 6.07) is 24.9. The van der Waals surface area contributed by atoms with Gasteiger partial charge in [0.05, 0.1) is 18.3 Å². The molecule has 0 atom stereocenters. The number of β-amino-alcohol motifs (C(OH)–C–C–N with tert-alkyl or cyclic N) is 1. The van der Waals surface area contributed by atoms with E-state index in [0.29, 0.717) is 12.2 Å². The van der Waals surface area contributed by atoms with Gasteiger partial charge >= 0.3 is 0 Å². The Balaban J connectivity index is 1.69. The van der Waals surface area contributed by atoms with Gasteiger partial charge in [0.25, 0.3) is 0 Å². The van der Waals surface area contributed by atoms with E-state index in [4.69, 9.17) is 5.14 Å². The van der Waals surface area contributed by atoms with Gasteiger partial charge in [0.2, 0.25) is 10.0 Å². The molecule has 3 aromatic carbocycles. The molecule has 174 valence electrons. The Morgan fingerprint density at radius 3 is 1.97 bits per heavy atom. The van der Waals surface area contributed by atoms with Crippen LogP contribution in [-0.4, -0.2) is 57.8 Å². The van der Waals surface area contributed by atoms with Crippen molar-refractivity contribution in [2.24, 2.45) is 5.14 Å². The summed E-state index contributed by atoms with van der Waals surface area (Å²) in [6.45, 7) is 4.11. The number of anilines is 2. The van der Waals surface area contributed by atoms with Gasteiger partial charge in [-0.25, -0.2) is 13.6 Å². The molecule has 1 fully saturated rings.